The van der Waals surface area contributed by atoms with Crippen molar-refractivity contribution in [2.75, 3.05) is 4.72 Å². The fourth-order valence-corrected chi connectivity index (χ4v) is 3.31. The summed E-state index contributed by atoms with van der Waals surface area (Å²) in [6.45, 7) is 0. The fourth-order valence-electron chi connectivity index (χ4n) is 1.63. The molecule has 2 aromatic rings. The van der Waals surface area contributed by atoms with Crippen molar-refractivity contribution >= 4 is 38.9 Å². The number of phenolic OH excluding ortho intramolecular Hbond substituents is 1. The molecule has 0 aromatic heterocycles. The van der Waals surface area contributed by atoms with E-state index in [4.69, 9.17) is 28.5 Å². The average molecular weight is 343 g/mol. The quantitative estimate of drug-likeness (QED) is 0.836. The summed E-state index contributed by atoms with van der Waals surface area (Å²) in [6, 6.07) is 10.0. The Morgan fingerprint density at radius 2 is 1.71 bits per heavy atom. The third kappa shape index (κ3) is 3.22. The van der Waals surface area contributed by atoms with Crippen molar-refractivity contribution in [3.05, 3.63) is 52.0 Å². The predicted molar refractivity (Wildman–Crippen MR) is 80.1 cm³/mol. The molecular formula is C13H8Cl2N2O3S. The first-order chi connectivity index (χ1) is 9.85. The van der Waals surface area contributed by atoms with Gasteiger partial charge in [-0.05, 0) is 24.3 Å². The van der Waals surface area contributed by atoms with Gasteiger partial charge in [-0.15, -0.1) is 0 Å². The van der Waals surface area contributed by atoms with Crippen LogP contribution in [0.2, 0.25) is 10.0 Å². The molecule has 0 radical (unpaired) electrons. The van der Waals surface area contributed by atoms with Crippen LogP contribution in [0.4, 0.5) is 5.69 Å². The second-order valence-electron chi connectivity index (χ2n) is 4.00. The highest BCUT2D eigenvalue weighted by Gasteiger charge is 2.19. The number of sulfonamides is 1. The topological polar surface area (TPSA) is 90.2 Å². The summed E-state index contributed by atoms with van der Waals surface area (Å²) in [5, 5.41) is 18.2. The smallest absolute Gasteiger partial charge is 0.263 e. The highest BCUT2D eigenvalue weighted by Crippen LogP contribution is 2.35. The standard InChI is InChI=1S/C13H8Cl2N2O3S/c14-10-5-9(6-11(15)13(10)18)17-21(19,20)12-4-2-1-3-8(12)7-16/h1-6,17-18H. The van der Waals surface area contributed by atoms with E-state index in [1.807, 2.05) is 6.07 Å². The van der Waals surface area contributed by atoms with Gasteiger partial charge >= 0.3 is 0 Å². The molecule has 0 aliphatic carbocycles. The summed E-state index contributed by atoms with van der Waals surface area (Å²) in [7, 11) is -3.97. The summed E-state index contributed by atoms with van der Waals surface area (Å²) < 4.78 is 26.8. The zero-order valence-corrected chi connectivity index (χ0v) is 12.7. The number of rotatable bonds is 3. The number of phenols is 1. The third-order valence-corrected chi connectivity index (χ3v) is 4.58. The average Bonchev–Trinajstić information content (AvgIpc) is 2.44. The van der Waals surface area contributed by atoms with Gasteiger partial charge in [-0.3, -0.25) is 4.72 Å². The molecule has 0 bridgehead atoms. The SMILES string of the molecule is N#Cc1ccccc1S(=O)(=O)Nc1cc(Cl)c(O)c(Cl)c1. The van der Waals surface area contributed by atoms with Crippen LogP contribution in [0.1, 0.15) is 5.56 Å². The number of aromatic hydroxyl groups is 1. The molecule has 0 atom stereocenters. The van der Waals surface area contributed by atoms with Gasteiger partial charge in [0.05, 0.1) is 21.3 Å². The molecule has 0 unspecified atom stereocenters. The summed E-state index contributed by atoms with van der Waals surface area (Å²) in [5.41, 5.74) is 0.0940. The van der Waals surface area contributed by atoms with E-state index in [0.29, 0.717) is 0 Å². The lowest BCUT2D eigenvalue weighted by Gasteiger charge is -2.10. The van der Waals surface area contributed by atoms with Gasteiger partial charge in [0.1, 0.15) is 11.0 Å². The van der Waals surface area contributed by atoms with Crippen LogP contribution >= 0.6 is 23.2 Å². The van der Waals surface area contributed by atoms with E-state index in [-0.39, 0.29) is 31.9 Å². The van der Waals surface area contributed by atoms with Crippen LogP contribution in [0.15, 0.2) is 41.3 Å². The summed E-state index contributed by atoms with van der Waals surface area (Å²) in [6.07, 6.45) is 0. The van der Waals surface area contributed by atoms with Crippen LogP contribution in [0, 0.1) is 11.3 Å². The number of anilines is 1. The maximum Gasteiger partial charge on any atom is 0.263 e. The van der Waals surface area contributed by atoms with Gasteiger partial charge in [-0.25, -0.2) is 8.42 Å². The lowest BCUT2D eigenvalue weighted by atomic mass is 10.2. The Bertz CT molecular complexity index is 822. The van der Waals surface area contributed by atoms with Crippen molar-refractivity contribution in [1.29, 1.82) is 5.26 Å². The monoisotopic (exact) mass is 342 g/mol. The predicted octanol–water partition coefficient (Wildman–Crippen LogP) is 3.37. The van der Waals surface area contributed by atoms with E-state index < -0.39 is 10.0 Å². The minimum atomic E-state index is -3.97. The lowest BCUT2D eigenvalue weighted by molar-refractivity contribution is 0.476. The van der Waals surface area contributed by atoms with E-state index in [1.54, 1.807) is 6.07 Å². The Labute approximate surface area is 131 Å². The minimum absolute atomic E-state index is 0.0148. The number of benzene rings is 2. The second-order valence-corrected chi connectivity index (χ2v) is 6.47. The van der Waals surface area contributed by atoms with Crippen LogP contribution in [-0.4, -0.2) is 13.5 Å². The fraction of sp³-hybridized carbons (Fsp3) is 0. The number of hydrogen-bond acceptors (Lipinski definition) is 4. The summed E-state index contributed by atoms with van der Waals surface area (Å²) in [5.74, 6) is -0.335. The maximum absolute atomic E-state index is 12.3. The number of halogens is 2. The second kappa shape index (κ2) is 5.82. The Balaban J connectivity index is 2.46. The number of hydrogen-bond donors (Lipinski definition) is 2. The number of nitrogens with zero attached hydrogens (tertiary/aromatic N) is 1. The van der Waals surface area contributed by atoms with Gasteiger partial charge in [0.15, 0.2) is 5.75 Å². The molecule has 0 amide bonds. The van der Waals surface area contributed by atoms with E-state index in [9.17, 15) is 13.5 Å². The number of nitrogens with one attached hydrogen (secondary N) is 1. The normalized spacial score (nSPS) is 10.9. The molecular weight excluding hydrogens is 335 g/mol. The molecule has 0 aliphatic heterocycles. The van der Waals surface area contributed by atoms with Crippen molar-refractivity contribution < 1.29 is 13.5 Å². The maximum atomic E-state index is 12.3. The molecule has 0 saturated heterocycles. The van der Waals surface area contributed by atoms with Crippen molar-refractivity contribution in [2.45, 2.75) is 4.90 Å². The number of nitriles is 1. The van der Waals surface area contributed by atoms with E-state index >= 15 is 0 Å². The Morgan fingerprint density at radius 1 is 1.14 bits per heavy atom. The van der Waals surface area contributed by atoms with Gasteiger partial charge in [0, 0.05) is 0 Å². The Hall–Kier alpha value is -1.94. The molecule has 5 nitrogen and oxygen atoms in total. The van der Waals surface area contributed by atoms with Gasteiger partial charge in [-0.1, -0.05) is 35.3 Å². The summed E-state index contributed by atoms with van der Waals surface area (Å²) in [4.78, 5) is -0.159. The minimum Gasteiger partial charge on any atom is -0.505 e. The molecule has 8 heteroatoms. The van der Waals surface area contributed by atoms with E-state index in [1.165, 1.54) is 30.3 Å². The molecule has 0 heterocycles. The molecule has 2 rings (SSSR count). The molecule has 2 N–H and O–H groups in total. The largest absolute Gasteiger partial charge is 0.505 e. The first-order valence-electron chi connectivity index (χ1n) is 5.55. The highest BCUT2D eigenvalue weighted by atomic mass is 35.5. The molecule has 0 aliphatic rings. The van der Waals surface area contributed by atoms with Crippen molar-refractivity contribution in [3.8, 4) is 11.8 Å². The van der Waals surface area contributed by atoms with Crippen LogP contribution in [0.5, 0.6) is 5.75 Å². The Kier molecular flexibility index (Phi) is 4.28. The first kappa shape index (κ1) is 15.4. The van der Waals surface area contributed by atoms with Gasteiger partial charge < -0.3 is 5.11 Å². The summed E-state index contributed by atoms with van der Waals surface area (Å²) >= 11 is 11.5. The van der Waals surface area contributed by atoms with Gasteiger partial charge in [0.2, 0.25) is 0 Å². The highest BCUT2D eigenvalue weighted by molar-refractivity contribution is 7.92. The van der Waals surface area contributed by atoms with Gasteiger partial charge in [-0.2, -0.15) is 5.26 Å². The van der Waals surface area contributed by atoms with Gasteiger partial charge in [0.25, 0.3) is 10.0 Å². The first-order valence-corrected chi connectivity index (χ1v) is 7.79. The van der Waals surface area contributed by atoms with E-state index in [2.05, 4.69) is 4.72 Å². The third-order valence-electron chi connectivity index (χ3n) is 2.57. The van der Waals surface area contributed by atoms with Crippen LogP contribution in [0.25, 0.3) is 0 Å². The molecule has 108 valence electrons. The van der Waals surface area contributed by atoms with Crippen LogP contribution in [0.3, 0.4) is 0 Å². The Morgan fingerprint density at radius 3 is 2.29 bits per heavy atom. The van der Waals surface area contributed by atoms with Crippen LogP contribution in [-0.2, 0) is 10.0 Å². The molecule has 0 saturated carbocycles. The van der Waals surface area contributed by atoms with Crippen molar-refractivity contribution in [3.63, 3.8) is 0 Å². The molecule has 21 heavy (non-hydrogen) atoms. The van der Waals surface area contributed by atoms with Crippen molar-refractivity contribution in [2.24, 2.45) is 0 Å². The zero-order valence-electron chi connectivity index (χ0n) is 10.3. The zero-order chi connectivity index (χ0) is 15.6. The molecule has 0 fully saturated rings. The van der Waals surface area contributed by atoms with Crippen molar-refractivity contribution in [1.82, 2.24) is 0 Å². The molecule has 0 spiro atoms. The molecule has 2 aromatic carbocycles. The van der Waals surface area contributed by atoms with E-state index in [0.717, 1.165) is 0 Å². The lowest BCUT2D eigenvalue weighted by Crippen LogP contribution is -2.14. The van der Waals surface area contributed by atoms with Crippen LogP contribution < -0.4 is 4.72 Å².